The third kappa shape index (κ3) is 2.35. The Kier molecular flexibility index (Phi) is 3.06. The Morgan fingerprint density at radius 2 is 2.23 bits per heavy atom. The molecule has 1 aromatic rings. The lowest BCUT2D eigenvalue weighted by molar-refractivity contribution is 0.444. The van der Waals surface area contributed by atoms with Gasteiger partial charge in [-0.05, 0) is 34.8 Å². The van der Waals surface area contributed by atoms with Crippen molar-refractivity contribution in [3.05, 3.63) is 22.6 Å². The first-order chi connectivity index (χ1) is 6.36. The van der Waals surface area contributed by atoms with Gasteiger partial charge in [-0.1, -0.05) is 12.8 Å². The van der Waals surface area contributed by atoms with Crippen LogP contribution in [0.15, 0.2) is 21.2 Å². The third-order valence-corrected chi connectivity index (χ3v) is 3.30. The molecule has 0 aliphatic heterocycles. The number of nitrogens with one attached hydrogen (secondary N) is 1. The largest absolute Gasteiger partial charge is 0.467 e. The second-order valence-corrected chi connectivity index (χ2v) is 4.41. The third-order valence-electron chi connectivity index (χ3n) is 2.60. The molecule has 0 unspecified atom stereocenters. The highest BCUT2D eigenvalue weighted by Gasteiger charge is 2.14. The van der Waals surface area contributed by atoms with Crippen LogP contribution in [0.2, 0.25) is 0 Å². The van der Waals surface area contributed by atoms with Crippen molar-refractivity contribution in [3.8, 4) is 0 Å². The van der Waals surface area contributed by atoms with Gasteiger partial charge in [0.25, 0.3) is 0 Å². The lowest BCUT2D eigenvalue weighted by Crippen LogP contribution is -2.25. The van der Waals surface area contributed by atoms with E-state index in [2.05, 4.69) is 21.2 Å². The van der Waals surface area contributed by atoms with Crippen LogP contribution in [0.4, 0.5) is 0 Å². The number of hydrogen-bond acceptors (Lipinski definition) is 2. The van der Waals surface area contributed by atoms with E-state index in [0.717, 1.165) is 16.8 Å². The minimum absolute atomic E-state index is 0.706. The summed E-state index contributed by atoms with van der Waals surface area (Å²) in [5.41, 5.74) is 0. The summed E-state index contributed by atoms with van der Waals surface area (Å²) in [5, 5.41) is 3.50. The van der Waals surface area contributed by atoms with Gasteiger partial charge in [0.15, 0.2) is 0 Å². The van der Waals surface area contributed by atoms with Gasteiger partial charge in [0.2, 0.25) is 0 Å². The van der Waals surface area contributed by atoms with Crippen LogP contribution in [0.5, 0.6) is 0 Å². The van der Waals surface area contributed by atoms with E-state index in [-0.39, 0.29) is 0 Å². The first-order valence-corrected chi connectivity index (χ1v) is 5.61. The Morgan fingerprint density at radius 3 is 2.85 bits per heavy atom. The van der Waals surface area contributed by atoms with Crippen molar-refractivity contribution >= 4 is 15.9 Å². The maximum absolute atomic E-state index is 5.31. The van der Waals surface area contributed by atoms with E-state index in [1.54, 1.807) is 6.26 Å². The fraction of sp³-hybridized carbons (Fsp3) is 0.600. The van der Waals surface area contributed by atoms with Crippen molar-refractivity contribution < 1.29 is 4.42 Å². The summed E-state index contributed by atoms with van der Waals surface area (Å²) >= 11 is 3.44. The van der Waals surface area contributed by atoms with Crippen LogP contribution < -0.4 is 5.32 Å². The van der Waals surface area contributed by atoms with Crippen molar-refractivity contribution in [2.24, 2.45) is 0 Å². The van der Waals surface area contributed by atoms with Crippen LogP contribution in [0.25, 0.3) is 0 Å². The van der Waals surface area contributed by atoms with Gasteiger partial charge in [0.1, 0.15) is 5.76 Å². The molecular weight excluding hydrogens is 230 g/mol. The van der Waals surface area contributed by atoms with Gasteiger partial charge in [0.05, 0.1) is 17.3 Å². The summed E-state index contributed by atoms with van der Waals surface area (Å²) in [6, 6.07) is 2.64. The Hall–Kier alpha value is -0.280. The highest BCUT2D eigenvalue weighted by atomic mass is 79.9. The zero-order valence-electron chi connectivity index (χ0n) is 7.55. The highest BCUT2D eigenvalue weighted by molar-refractivity contribution is 9.10. The molecule has 13 heavy (non-hydrogen) atoms. The molecule has 0 atom stereocenters. The molecule has 1 fully saturated rings. The van der Waals surface area contributed by atoms with Crippen molar-refractivity contribution in [2.75, 3.05) is 0 Å². The van der Waals surface area contributed by atoms with Gasteiger partial charge in [0, 0.05) is 6.04 Å². The van der Waals surface area contributed by atoms with E-state index in [1.807, 2.05) is 6.07 Å². The average Bonchev–Trinajstić information content (AvgIpc) is 2.72. The molecule has 2 nitrogen and oxygen atoms in total. The van der Waals surface area contributed by atoms with E-state index >= 15 is 0 Å². The van der Waals surface area contributed by atoms with E-state index in [1.165, 1.54) is 25.7 Å². The van der Waals surface area contributed by atoms with E-state index in [9.17, 15) is 0 Å². The zero-order valence-corrected chi connectivity index (χ0v) is 9.14. The first kappa shape index (κ1) is 9.28. The van der Waals surface area contributed by atoms with Crippen molar-refractivity contribution in [3.63, 3.8) is 0 Å². The minimum Gasteiger partial charge on any atom is -0.467 e. The number of furan rings is 1. The maximum atomic E-state index is 5.31. The predicted molar refractivity (Wildman–Crippen MR) is 55.5 cm³/mol. The molecule has 2 rings (SSSR count). The van der Waals surface area contributed by atoms with Gasteiger partial charge in [-0.3, -0.25) is 0 Å². The molecule has 0 spiro atoms. The molecule has 1 heterocycles. The molecule has 1 saturated carbocycles. The van der Waals surface area contributed by atoms with E-state index in [4.69, 9.17) is 4.42 Å². The van der Waals surface area contributed by atoms with Crippen LogP contribution in [0.3, 0.4) is 0 Å². The van der Waals surface area contributed by atoms with Gasteiger partial charge >= 0.3 is 0 Å². The minimum atomic E-state index is 0.706. The number of rotatable bonds is 3. The quantitative estimate of drug-likeness (QED) is 0.883. The van der Waals surface area contributed by atoms with Crippen LogP contribution in [-0.2, 0) is 6.54 Å². The van der Waals surface area contributed by atoms with Gasteiger partial charge < -0.3 is 9.73 Å². The normalized spacial score (nSPS) is 18.2. The lowest BCUT2D eigenvalue weighted by Gasteiger charge is -2.09. The molecular formula is C10H14BrNO. The smallest absolute Gasteiger partial charge is 0.131 e. The molecule has 1 N–H and O–H groups in total. The summed E-state index contributed by atoms with van der Waals surface area (Å²) in [5.74, 6) is 1.01. The Bertz CT molecular complexity index is 266. The molecule has 3 heteroatoms. The van der Waals surface area contributed by atoms with Crippen molar-refractivity contribution in [2.45, 2.75) is 38.3 Å². The summed E-state index contributed by atoms with van der Waals surface area (Å²) in [6.07, 6.45) is 7.10. The Morgan fingerprint density at radius 1 is 1.46 bits per heavy atom. The predicted octanol–water partition coefficient (Wildman–Crippen LogP) is 3.07. The van der Waals surface area contributed by atoms with Crippen LogP contribution >= 0.6 is 15.9 Å². The topological polar surface area (TPSA) is 25.2 Å². The summed E-state index contributed by atoms with van der Waals surface area (Å²) in [4.78, 5) is 0. The van der Waals surface area contributed by atoms with Crippen molar-refractivity contribution in [1.82, 2.24) is 5.32 Å². The highest BCUT2D eigenvalue weighted by Crippen LogP contribution is 2.20. The second kappa shape index (κ2) is 4.29. The van der Waals surface area contributed by atoms with Gasteiger partial charge in [-0.15, -0.1) is 0 Å². The molecule has 0 radical (unpaired) electrons. The lowest BCUT2D eigenvalue weighted by atomic mass is 10.2. The Balaban J connectivity index is 1.82. The molecule has 0 saturated heterocycles. The number of hydrogen-bond donors (Lipinski definition) is 1. The summed E-state index contributed by atoms with van der Waals surface area (Å²) < 4.78 is 6.38. The molecule has 1 aliphatic rings. The molecule has 0 aromatic carbocycles. The summed E-state index contributed by atoms with van der Waals surface area (Å²) in [7, 11) is 0. The fourth-order valence-electron chi connectivity index (χ4n) is 1.82. The molecule has 1 aliphatic carbocycles. The molecule has 0 amide bonds. The monoisotopic (exact) mass is 243 g/mol. The number of halogens is 1. The van der Waals surface area contributed by atoms with Crippen LogP contribution in [0.1, 0.15) is 31.4 Å². The van der Waals surface area contributed by atoms with Gasteiger partial charge in [-0.2, -0.15) is 0 Å². The van der Waals surface area contributed by atoms with Crippen LogP contribution in [0, 0.1) is 0 Å². The SMILES string of the molecule is Brc1ccoc1CNC1CCCC1. The molecule has 0 bridgehead atoms. The first-order valence-electron chi connectivity index (χ1n) is 4.81. The van der Waals surface area contributed by atoms with E-state index < -0.39 is 0 Å². The van der Waals surface area contributed by atoms with Gasteiger partial charge in [-0.25, -0.2) is 0 Å². The Labute approximate surface area is 86.8 Å². The van der Waals surface area contributed by atoms with Crippen LogP contribution in [-0.4, -0.2) is 6.04 Å². The molecule has 1 aromatic heterocycles. The second-order valence-electron chi connectivity index (χ2n) is 3.55. The fourth-order valence-corrected chi connectivity index (χ4v) is 2.16. The summed E-state index contributed by atoms with van der Waals surface area (Å²) in [6.45, 7) is 0.845. The van der Waals surface area contributed by atoms with E-state index in [0.29, 0.717) is 6.04 Å². The van der Waals surface area contributed by atoms with Crippen molar-refractivity contribution in [1.29, 1.82) is 0 Å². The standard InChI is InChI=1S/C10H14BrNO/c11-9-5-6-13-10(9)7-12-8-3-1-2-4-8/h5-6,8,12H,1-4,7H2. The molecule has 72 valence electrons. The maximum Gasteiger partial charge on any atom is 0.131 e. The zero-order chi connectivity index (χ0) is 9.10. The average molecular weight is 244 g/mol.